The van der Waals surface area contributed by atoms with Gasteiger partial charge in [0.1, 0.15) is 5.82 Å². The molecule has 1 aliphatic carbocycles. The second-order valence-corrected chi connectivity index (χ2v) is 8.52. The van der Waals surface area contributed by atoms with Gasteiger partial charge in [0.05, 0.1) is 5.75 Å². The molecule has 0 N–H and O–H groups in total. The van der Waals surface area contributed by atoms with Gasteiger partial charge in [-0.15, -0.1) is 10.2 Å². The van der Waals surface area contributed by atoms with Gasteiger partial charge in [0.15, 0.2) is 5.16 Å². The monoisotopic (exact) mass is 384 g/mol. The molecule has 1 aliphatic heterocycles. The van der Waals surface area contributed by atoms with Crippen molar-refractivity contribution in [1.29, 1.82) is 0 Å². The minimum Gasteiger partial charge on any atom is -0.342 e. The first kappa shape index (κ1) is 18.5. The van der Waals surface area contributed by atoms with E-state index in [0.717, 1.165) is 42.6 Å². The summed E-state index contributed by atoms with van der Waals surface area (Å²) in [6.45, 7) is 1.80. The van der Waals surface area contributed by atoms with Crippen LogP contribution in [0.1, 0.15) is 63.1 Å². The van der Waals surface area contributed by atoms with Gasteiger partial charge in [-0.2, -0.15) is 0 Å². The van der Waals surface area contributed by atoms with Gasteiger partial charge in [-0.25, -0.2) is 0 Å². The van der Waals surface area contributed by atoms with E-state index in [2.05, 4.69) is 26.9 Å². The molecule has 2 fully saturated rings. The van der Waals surface area contributed by atoms with Crippen LogP contribution in [0.25, 0.3) is 5.69 Å². The highest BCUT2D eigenvalue weighted by Gasteiger charge is 2.25. The Balaban J connectivity index is 1.54. The quantitative estimate of drug-likeness (QED) is 0.716. The number of rotatable bonds is 5. The molecule has 0 radical (unpaired) electrons. The Morgan fingerprint density at radius 1 is 0.963 bits per heavy atom. The second kappa shape index (κ2) is 8.91. The van der Waals surface area contributed by atoms with Crippen LogP contribution in [0.2, 0.25) is 0 Å². The molecule has 0 bridgehead atoms. The number of nitrogens with zero attached hydrogens (tertiary/aromatic N) is 4. The van der Waals surface area contributed by atoms with Crippen LogP contribution in [-0.4, -0.2) is 44.4 Å². The number of aromatic nitrogens is 3. The third-order valence-electron chi connectivity index (χ3n) is 5.68. The van der Waals surface area contributed by atoms with Crippen LogP contribution < -0.4 is 0 Å². The molecular formula is C21H28N4OS. The standard InChI is InChI=1S/C21H28N4OS/c26-19(24-14-8-3-9-15-24)16-27-21-23-22-20(17-10-4-1-5-11-17)25(21)18-12-6-2-7-13-18/h2,6-7,12-13,17H,1,3-5,8-11,14-16H2. The van der Waals surface area contributed by atoms with Crippen LogP contribution in [-0.2, 0) is 4.79 Å². The van der Waals surface area contributed by atoms with Gasteiger partial charge in [0.2, 0.25) is 5.91 Å². The molecule has 2 heterocycles. The van der Waals surface area contributed by atoms with Crippen LogP contribution in [0, 0.1) is 0 Å². The lowest BCUT2D eigenvalue weighted by Gasteiger charge is -2.26. The van der Waals surface area contributed by atoms with E-state index in [0.29, 0.717) is 11.7 Å². The molecule has 6 heteroatoms. The topological polar surface area (TPSA) is 51.0 Å². The number of amides is 1. The van der Waals surface area contributed by atoms with E-state index in [4.69, 9.17) is 0 Å². The normalized spacial score (nSPS) is 18.6. The number of carbonyl (C=O) groups is 1. The fraction of sp³-hybridized carbons (Fsp3) is 0.571. The van der Waals surface area contributed by atoms with E-state index in [-0.39, 0.29) is 5.91 Å². The smallest absolute Gasteiger partial charge is 0.233 e. The van der Waals surface area contributed by atoms with Gasteiger partial charge in [0.25, 0.3) is 0 Å². The third kappa shape index (κ3) is 4.37. The molecule has 1 saturated heterocycles. The average Bonchev–Trinajstić information content (AvgIpc) is 3.18. The summed E-state index contributed by atoms with van der Waals surface area (Å²) in [7, 11) is 0. The molecular weight excluding hydrogens is 356 g/mol. The number of carbonyl (C=O) groups excluding carboxylic acids is 1. The zero-order chi connectivity index (χ0) is 18.5. The molecule has 1 aromatic heterocycles. The van der Waals surface area contributed by atoms with Crippen molar-refractivity contribution in [2.24, 2.45) is 0 Å². The first-order valence-electron chi connectivity index (χ1n) is 10.2. The number of hydrogen-bond acceptors (Lipinski definition) is 4. The molecule has 0 spiro atoms. The Kier molecular flexibility index (Phi) is 6.12. The molecule has 1 saturated carbocycles. The summed E-state index contributed by atoms with van der Waals surface area (Å²) in [5.41, 5.74) is 1.09. The molecule has 1 aromatic carbocycles. The Labute approximate surface area is 165 Å². The van der Waals surface area contributed by atoms with E-state index in [1.54, 1.807) is 0 Å². The first-order valence-corrected chi connectivity index (χ1v) is 11.2. The number of para-hydroxylation sites is 1. The van der Waals surface area contributed by atoms with Crippen molar-refractivity contribution >= 4 is 17.7 Å². The van der Waals surface area contributed by atoms with Gasteiger partial charge in [-0.05, 0) is 44.2 Å². The van der Waals surface area contributed by atoms with Gasteiger partial charge >= 0.3 is 0 Å². The Hall–Kier alpha value is -1.82. The minimum atomic E-state index is 0.224. The summed E-state index contributed by atoms with van der Waals surface area (Å²) in [5.74, 6) is 2.20. The number of benzene rings is 1. The van der Waals surface area contributed by atoms with Gasteiger partial charge in [-0.3, -0.25) is 9.36 Å². The lowest BCUT2D eigenvalue weighted by molar-refractivity contribution is -0.129. The van der Waals surface area contributed by atoms with Crippen LogP contribution >= 0.6 is 11.8 Å². The minimum absolute atomic E-state index is 0.224. The van der Waals surface area contributed by atoms with Crippen molar-refractivity contribution in [2.75, 3.05) is 18.8 Å². The molecule has 2 aromatic rings. The van der Waals surface area contributed by atoms with Crippen molar-refractivity contribution in [3.63, 3.8) is 0 Å². The molecule has 5 nitrogen and oxygen atoms in total. The third-order valence-corrected chi connectivity index (χ3v) is 6.59. The lowest BCUT2D eigenvalue weighted by atomic mass is 9.88. The van der Waals surface area contributed by atoms with Crippen molar-refractivity contribution in [2.45, 2.75) is 62.4 Å². The summed E-state index contributed by atoms with van der Waals surface area (Å²) >= 11 is 1.53. The van der Waals surface area contributed by atoms with Gasteiger partial charge in [-0.1, -0.05) is 49.2 Å². The first-order chi connectivity index (χ1) is 13.3. The largest absolute Gasteiger partial charge is 0.342 e. The highest BCUT2D eigenvalue weighted by atomic mass is 32.2. The maximum Gasteiger partial charge on any atom is 0.233 e. The summed E-state index contributed by atoms with van der Waals surface area (Å²) in [6.07, 6.45) is 9.71. The highest BCUT2D eigenvalue weighted by molar-refractivity contribution is 7.99. The zero-order valence-corrected chi connectivity index (χ0v) is 16.7. The molecule has 2 aliphatic rings. The van der Waals surface area contributed by atoms with Crippen molar-refractivity contribution < 1.29 is 4.79 Å². The number of thioether (sulfide) groups is 1. The number of likely N-dealkylation sites (tertiary alicyclic amines) is 1. The molecule has 1 amide bonds. The Morgan fingerprint density at radius 2 is 1.67 bits per heavy atom. The SMILES string of the molecule is O=C(CSc1nnc(C2CCCCC2)n1-c1ccccc1)N1CCCCC1. The Morgan fingerprint density at radius 3 is 2.41 bits per heavy atom. The molecule has 0 unspecified atom stereocenters. The average molecular weight is 385 g/mol. The highest BCUT2D eigenvalue weighted by Crippen LogP contribution is 2.34. The van der Waals surface area contributed by atoms with Crippen LogP contribution in [0.3, 0.4) is 0 Å². The summed E-state index contributed by atoms with van der Waals surface area (Å²) in [4.78, 5) is 14.6. The fourth-order valence-corrected chi connectivity index (χ4v) is 5.04. The second-order valence-electron chi connectivity index (χ2n) is 7.58. The van der Waals surface area contributed by atoms with E-state index in [1.807, 2.05) is 23.1 Å². The maximum atomic E-state index is 12.6. The van der Waals surface area contributed by atoms with Crippen molar-refractivity contribution in [1.82, 2.24) is 19.7 Å². The van der Waals surface area contributed by atoms with Crippen LogP contribution in [0.15, 0.2) is 35.5 Å². The van der Waals surface area contributed by atoms with Crippen LogP contribution in [0.5, 0.6) is 0 Å². The summed E-state index contributed by atoms with van der Waals surface area (Å²) in [6, 6.07) is 10.3. The number of piperidine rings is 1. The number of hydrogen-bond donors (Lipinski definition) is 0. The van der Waals surface area contributed by atoms with E-state index in [1.165, 1.54) is 50.3 Å². The fourth-order valence-electron chi connectivity index (χ4n) is 4.18. The van der Waals surface area contributed by atoms with Crippen molar-refractivity contribution in [3.05, 3.63) is 36.2 Å². The maximum absolute atomic E-state index is 12.6. The molecule has 27 heavy (non-hydrogen) atoms. The van der Waals surface area contributed by atoms with Crippen molar-refractivity contribution in [3.8, 4) is 5.69 Å². The van der Waals surface area contributed by atoms with E-state index >= 15 is 0 Å². The summed E-state index contributed by atoms with van der Waals surface area (Å²) < 4.78 is 2.18. The predicted molar refractivity (Wildman–Crippen MR) is 108 cm³/mol. The molecule has 144 valence electrons. The summed E-state index contributed by atoms with van der Waals surface area (Å²) in [5, 5.41) is 9.90. The van der Waals surface area contributed by atoms with E-state index < -0.39 is 0 Å². The van der Waals surface area contributed by atoms with Gasteiger partial charge in [0, 0.05) is 24.7 Å². The Bertz CT molecular complexity index is 749. The molecule has 0 atom stereocenters. The van der Waals surface area contributed by atoms with Gasteiger partial charge < -0.3 is 4.90 Å². The molecule has 4 rings (SSSR count). The lowest BCUT2D eigenvalue weighted by Crippen LogP contribution is -2.36. The van der Waals surface area contributed by atoms with Crippen LogP contribution in [0.4, 0.5) is 0 Å². The van der Waals surface area contributed by atoms with E-state index in [9.17, 15) is 4.79 Å². The predicted octanol–water partition coefficient (Wildman–Crippen LogP) is 4.42. The zero-order valence-electron chi connectivity index (χ0n) is 15.8.